The molecule has 1 fully saturated rings. The predicted molar refractivity (Wildman–Crippen MR) is 59.5 cm³/mol. The van der Waals surface area contributed by atoms with Crippen LogP contribution in [0.15, 0.2) is 30.3 Å². The molecule has 1 unspecified atom stereocenters. The molecule has 1 aromatic rings. The van der Waals surface area contributed by atoms with Gasteiger partial charge in [0.05, 0.1) is 0 Å². The lowest BCUT2D eigenvalue weighted by Crippen LogP contribution is -2.32. The van der Waals surface area contributed by atoms with E-state index in [9.17, 15) is 4.79 Å². The lowest BCUT2D eigenvalue weighted by molar-refractivity contribution is 0.190. The van der Waals surface area contributed by atoms with Gasteiger partial charge in [0.2, 0.25) is 0 Å². The Kier molecular flexibility index (Phi) is 2.62. The molecule has 0 saturated carbocycles. The van der Waals surface area contributed by atoms with E-state index in [1.54, 1.807) is 4.90 Å². The zero-order chi connectivity index (χ0) is 10.8. The molecule has 1 aromatic carbocycles. The molecular formula is C12H16N2O. The van der Waals surface area contributed by atoms with E-state index in [-0.39, 0.29) is 6.03 Å². The van der Waals surface area contributed by atoms with Crippen LogP contribution in [0.1, 0.15) is 12.5 Å². The van der Waals surface area contributed by atoms with E-state index in [0.717, 1.165) is 6.54 Å². The second-order valence-electron chi connectivity index (χ2n) is 4.13. The molecule has 2 rings (SSSR count). The minimum Gasteiger partial charge on any atom is -0.326 e. The Morgan fingerprint density at radius 1 is 1.33 bits per heavy atom. The molecule has 0 aromatic heterocycles. The average molecular weight is 204 g/mol. The van der Waals surface area contributed by atoms with Gasteiger partial charge in [0.15, 0.2) is 0 Å². The van der Waals surface area contributed by atoms with Crippen LogP contribution in [0, 0.1) is 0 Å². The highest BCUT2D eigenvalue weighted by atomic mass is 16.2. The second-order valence-corrected chi connectivity index (χ2v) is 4.13. The van der Waals surface area contributed by atoms with Gasteiger partial charge in [-0.3, -0.25) is 0 Å². The number of nitrogens with zero attached hydrogens (tertiary/aromatic N) is 2. The van der Waals surface area contributed by atoms with Crippen molar-refractivity contribution >= 4 is 6.03 Å². The summed E-state index contributed by atoms with van der Waals surface area (Å²) in [6, 6.07) is 10.5. The number of rotatable bonds is 2. The number of likely N-dealkylation sites (N-methyl/N-ethyl adjacent to an activating group) is 1. The molecule has 2 amide bonds. The van der Waals surface area contributed by atoms with E-state index in [4.69, 9.17) is 0 Å². The van der Waals surface area contributed by atoms with E-state index < -0.39 is 0 Å². The third-order valence-corrected chi connectivity index (χ3v) is 2.84. The molecular weight excluding hydrogens is 188 g/mol. The van der Waals surface area contributed by atoms with Crippen LogP contribution in [0.5, 0.6) is 0 Å². The van der Waals surface area contributed by atoms with Gasteiger partial charge in [-0.15, -0.1) is 0 Å². The third kappa shape index (κ3) is 1.96. The summed E-state index contributed by atoms with van der Waals surface area (Å²) in [6.45, 7) is 3.63. The quantitative estimate of drug-likeness (QED) is 0.722. The molecule has 0 bridgehead atoms. The van der Waals surface area contributed by atoms with Gasteiger partial charge >= 0.3 is 6.03 Å². The highest BCUT2D eigenvalue weighted by Gasteiger charge is 2.31. The number of carbonyl (C=O) groups is 1. The van der Waals surface area contributed by atoms with Gasteiger partial charge in [0, 0.05) is 26.2 Å². The highest BCUT2D eigenvalue weighted by molar-refractivity contribution is 5.76. The van der Waals surface area contributed by atoms with E-state index in [1.165, 1.54) is 5.56 Å². The van der Waals surface area contributed by atoms with Crippen molar-refractivity contribution in [2.75, 3.05) is 13.6 Å². The van der Waals surface area contributed by atoms with Gasteiger partial charge in [-0.1, -0.05) is 30.3 Å². The minimum atomic E-state index is 0.131. The summed E-state index contributed by atoms with van der Waals surface area (Å²) in [5.41, 5.74) is 1.19. The first-order valence-corrected chi connectivity index (χ1v) is 5.24. The molecule has 1 aliphatic heterocycles. The van der Waals surface area contributed by atoms with Crippen LogP contribution in [0.25, 0.3) is 0 Å². The summed E-state index contributed by atoms with van der Waals surface area (Å²) in [5.74, 6) is 0. The van der Waals surface area contributed by atoms with Gasteiger partial charge in [-0.05, 0) is 12.5 Å². The van der Waals surface area contributed by atoms with Crippen LogP contribution in [0.3, 0.4) is 0 Å². The first-order valence-electron chi connectivity index (χ1n) is 5.24. The first-order chi connectivity index (χ1) is 7.18. The standard InChI is InChI=1S/C12H16N2O/c1-10-8-13(2)12(15)14(10)9-11-6-4-3-5-7-11/h3-7,10H,8-9H2,1-2H3. The van der Waals surface area contributed by atoms with Crippen molar-refractivity contribution in [3.8, 4) is 0 Å². The van der Waals surface area contributed by atoms with Crippen LogP contribution in [0.4, 0.5) is 4.79 Å². The maximum atomic E-state index is 11.8. The Morgan fingerprint density at radius 2 is 2.00 bits per heavy atom. The zero-order valence-corrected chi connectivity index (χ0v) is 9.18. The van der Waals surface area contributed by atoms with Crippen LogP contribution in [-0.2, 0) is 6.54 Å². The summed E-state index contributed by atoms with van der Waals surface area (Å²) in [7, 11) is 1.85. The number of carbonyl (C=O) groups excluding carboxylic acids is 1. The van der Waals surface area contributed by atoms with Gasteiger partial charge in [0.25, 0.3) is 0 Å². The summed E-state index contributed by atoms with van der Waals surface area (Å²) in [5, 5.41) is 0. The molecule has 0 N–H and O–H groups in total. The van der Waals surface area contributed by atoms with Crippen LogP contribution in [0.2, 0.25) is 0 Å². The Bertz CT molecular complexity index is 350. The minimum absolute atomic E-state index is 0.131. The van der Waals surface area contributed by atoms with Crippen molar-refractivity contribution in [3.63, 3.8) is 0 Å². The van der Waals surface area contributed by atoms with E-state index in [2.05, 4.69) is 19.1 Å². The number of hydrogen-bond donors (Lipinski definition) is 0. The SMILES string of the molecule is CC1CN(C)C(=O)N1Cc1ccccc1. The Balaban J connectivity index is 2.09. The third-order valence-electron chi connectivity index (χ3n) is 2.84. The monoisotopic (exact) mass is 204 g/mol. The number of hydrogen-bond acceptors (Lipinski definition) is 1. The molecule has 1 aliphatic rings. The fourth-order valence-electron chi connectivity index (χ4n) is 1.98. The fourth-order valence-corrected chi connectivity index (χ4v) is 1.98. The number of urea groups is 1. The van der Waals surface area contributed by atoms with Crippen LogP contribution >= 0.6 is 0 Å². The predicted octanol–water partition coefficient (Wildman–Crippen LogP) is 1.94. The average Bonchev–Trinajstić information content (AvgIpc) is 2.47. The van der Waals surface area contributed by atoms with E-state index in [0.29, 0.717) is 12.6 Å². The lowest BCUT2D eigenvalue weighted by Gasteiger charge is -2.20. The Hall–Kier alpha value is -1.51. The van der Waals surface area contributed by atoms with Crippen molar-refractivity contribution in [1.29, 1.82) is 0 Å². The number of amides is 2. The first kappa shape index (κ1) is 10.0. The van der Waals surface area contributed by atoms with Gasteiger partial charge < -0.3 is 9.80 Å². The summed E-state index contributed by atoms with van der Waals surface area (Å²) in [6.07, 6.45) is 0. The normalized spacial score (nSPS) is 21.2. The maximum absolute atomic E-state index is 11.8. The van der Waals surface area contributed by atoms with Crippen LogP contribution < -0.4 is 0 Å². The molecule has 1 heterocycles. The second kappa shape index (κ2) is 3.93. The molecule has 15 heavy (non-hydrogen) atoms. The van der Waals surface area contributed by atoms with Crippen molar-refractivity contribution < 1.29 is 4.79 Å². The lowest BCUT2D eigenvalue weighted by atomic mass is 10.2. The topological polar surface area (TPSA) is 23.6 Å². The molecule has 1 saturated heterocycles. The van der Waals surface area contributed by atoms with Crippen molar-refractivity contribution in [2.45, 2.75) is 19.5 Å². The highest BCUT2D eigenvalue weighted by Crippen LogP contribution is 2.17. The van der Waals surface area contributed by atoms with Crippen molar-refractivity contribution in [3.05, 3.63) is 35.9 Å². The number of benzene rings is 1. The van der Waals surface area contributed by atoms with Gasteiger partial charge in [0.1, 0.15) is 0 Å². The summed E-state index contributed by atoms with van der Waals surface area (Å²) < 4.78 is 0. The largest absolute Gasteiger partial charge is 0.326 e. The maximum Gasteiger partial charge on any atom is 0.320 e. The molecule has 80 valence electrons. The van der Waals surface area contributed by atoms with Crippen LogP contribution in [-0.4, -0.2) is 35.5 Å². The van der Waals surface area contributed by atoms with Gasteiger partial charge in [-0.25, -0.2) is 4.79 Å². The van der Waals surface area contributed by atoms with Crippen molar-refractivity contribution in [2.24, 2.45) is 0 Å². The summed E-state index contributed by atoms with van der Waals surface area (Å²) in [4.78, 5) is 15.5. The molecule has 0 aliphatic carbocycles. The van der Waals surface area contributed by atoms with E-state index >= 15 is 0 Å². The van der Waals surface area contributed by atoms with E-state index in [1.807, 2.05) is 30.1 Å². The Morgan fingerprint density at radius 3 is 2.53 bits per heavy atom. The molecule has 0 radical (unpaired) electrons. The smallest absolute Gasteiger partial charge is 0.320 e. The van der Waals surface area contributed by atoms with Crippen molar-refractivity contribution in [1.82, 2.24) is 9.80 Å². The fraction of sp³-hybridized carbons (Fsp3) is 0.417. The zero-order valence-electron chi connectivity index (χ0n) is 9.18. The molecule has 1 atom stereocenters. The molecule has 0 spiro atoms. The Labute approximate surface area is 90.3 Å². The molecule has 3 nitrogen and oxygen atoms in total. The van der Waals surface area contributed by atoms with Gasteiger partial charge in [-0.2, -0.15) is 0 Å². The molecule has 3 heteroatoms. The summed E-state index contributed by atoms with van der Waals surface area (Å²) >= 11 is 0.